The number of ether oxygens (including phenoxy) is 1. The second-order valence-electron chi connectivity index (χ2n) is 11.3. The van der Waals surface area contributed by atoms with Crippen LogP contribution in [0.15, 0.2) is 71.9 Å². The Bertz CT molecular complexity index is 1510. The van der Waals surface area contributed by atoms with E-state index in [2.05, 4.69) is 0 Å². The third kappa shape index (κ3) is 8.78. The van der Waals surface area contributed by atoms with Crippen LogP contribution in [-0.2, 0) is 26.2 Å². The number of benzene rings is 2. The highest BCUT2D eigenvalue weighted by Gasteiger charge is 2.44. The van der Waals surface area contributed by atoms with Gasteiger partial charge < -0.3 is 14.9 Å². The van der Waals surface area contributed by atoms with E-state index in [1.807, 2.05) is 74.0 Å². The van der Waals surface area contributed by atoms with Crippen molar-refractivity contribution in [3.05, 3.63) is 83.7 Å². The number of hydrogen-bond acceptors (Lipinski definition) is 7. The molecular formula is C30H40NO7S2+. The van der Waals surface area contributed by atoms with E-state index in [1.165, 1.54) is 0 Å². The summed E-state index contributed by atoms with van der Waals surface area (Å²) in [5.74, 6) is 0.431. The summed E-state index contributed by atoms with van der Waals surface area (Å²) in [5.41, 5.74) is 1.67. The summed E-state index contributed by atoms with van der Waals surface area (Å²) in [6.45, 7) is 6.93. The molecule has 40 heavy (non-hydrogen) atoms. The molecule has 218 valence electrons. The molecule has 0 fully saturated rings. The molecule has 2 N–H and O–H groups in total. The monoisotopic (exact) mass is 590 g/mol. The Morgan fingerprint density at radius 1 is 1.05 bits per heavy atom. The Hall–Kier alpha value is -2.95. The van der Waals surface area contributed by atoms with Gasteiger partial charge in [0.05, 0.1) is 23.4 Å². The minimum absolute atomic E-state index is 0.101. The standard InChI is InChI=1S/C28H33NO5S.C2H6O2S/c1-20-8-13-25-24(17-20)26(27(31)28(2,3)19-35(25,32)33)21-9-11-23(12-10-21)34-16-5-4-14-29-15-6-7-22(30)18-29;1-5(2,3)4/h6-13,15,17-18,26-27,31H,4-5,14,16,19H2,1-3H3;1-2H3/p+1/t26-,27-;/m1./s1. The predicted octanol–water partition coefficient (Wildman–Crippen LogP) is 3.81. The van der Waals surface area contributed by atoms with E-state index in [4.69, 9.17) is 4.74 Å². The van der Waals surface area contributed by atoms with Crippen molar-refractivity contribution >= 4 is 19.7 Å². The molecule has 0 radical (unpaired) electrons. The Labute approximate surface area is 238 Å². The zero-order valence-corrected chi connectivity index (χ0v) is 25.4. The van der Waals surface area contributed by atoms with Gasteiger partial charge in [0.1, 0.15) is 22.1 Å². The first-order valence-corrected chi connectivity index (χ1v) is 17.1. The zero-order valence-electron chi connectivity index (χ0n) is 23.7. The lowest BCUT2D eigenvalue weighted by Crippen LogP contribution is -2.38. The number of fused-ring (bicyclic) bond motifs is 1. The summed E-state index contributed by atoms with van der Waals surface area (Å²) in [7, 11) is -6.19. The van der Waals surface area contributed by atoms with Crippen LogP contribution in [0.25, 0.3) is 0 Å². The Morgan fingerprint density at radius 3 is 2.33 bits per heavy atom. The molecule has 2 heterocycles. The first kappa shape index (κ1) is 31.6. The van der Waals surface area contributed by atoms with Crippen LogP contribution in [0, 0.1) is 12.3 Å². The second kappa shape index (κ2) is 12.7. The summed E-state index contributed by atoms with van der Waals surface area (Å²) < 4.78 is 53.4. The van der Waals surface area contributed by atoms with Crippen LogP contribution in [0.4, 0.5) is 0 Å². The molecule has 0 amide bonds. The number of aromatic hydroxyl groups is 1. The van der Waals surface area contributed by atoms with Gasteiger partial charge in [0.2, 0.25) is 6.20 Å². The van der Waals surface area contributed by atoms with Crippen LogP contribution < -0.4 is 9.30 Å². The van der Waals surface area contributed by atoms with Crippen LogP contribution in [0.2, 0.25) is 0 Å². The molecule has 4 rings (SSSR count). The van der Waals surface area contributed by atoms with E-state index >= 15 is 0 Å². The molecule has 0 saturated heterocycles. The topological polar surface area (TPSA) is 122 Å². The van der Waals surface area contributed by atoms with Crippen LogP contribution in [-0.4, -0.2) is 58.0 Å². The van der Waals surface area contributed by atoms with Gasteiger partial charge in [0.25, 0.3) is 0 Å². The van der Waals surface area contributed by atoms with E-state index in [9.17, 15) is 27.0 Å². The third-order valence-corrected chi connectivity index (χ3v) is 8.84. The van der Waals surface area contributed by atoms with Crippen molar-refractivity contribution in [2.45, 2.75) is 57.1 Å². The predicted molar refractivity (Wildman–Crippen MR) is 155 cm³/mol. The number of nitrogens with zero attached hydrogens (tertiary/aromatic N) is 1. The van der Waals surface area contributed by atoms with E-state index in [0.29, 0.717) is 17.1 Å². The van der Waals surface area contributed by atoms with Gasteiger partial charge in [-0.15, -0.1) is 0 Å². The maximum atomic E-state index is 13.1. The maximum absolute atomic E-state index is 13.1. The molecule has 0 saturated carbocycles. The smallest absolute Gasteiger partial charge is 0.210 e. The lowest BCUT2D eigenvalue weighted by molar-refractivity contribution is -0.697. The SMILES string of the molecule is CS(C)(=O)=O.Cc1ccc2c(c1)[C@@H](c1ccc(OCCCC[n+]3cccc(O)c3)cc1)[C@@H](O)C(C)(C)CS2(=O)=O. The third-order valence-electron chi connectivity index (χ3n) is 6.68. The summed E-state index contributed by atoms with van der Waals surface area (Å²) >= 11 is 0. The summed E-state index contributed by atoms with van der Waals surface area (Å²) in [4.78, 5) is 0.308. The molecule has 0 bridgehead atoms. The maximum Gasteiger partial charge on any atom is 0.210 e. The fourth-order valence-corrected chi connectivity index (χ4v) is 6.96. The van der Waals surface area contributed by atoms with Crippen LogP contribution in [0.1, 0.15) is 49.3 Å². The number of sulfone groups is 2. The highest BCUT2D eigenvalue weighted by Crippen LogP contribution is 2.45. The van der Waals surface area contributed by atoms with E-state index in [-0.39, 0.29) is 11.5 Å². The number of rotatable bonds is 7. The Morgan fingerprint density at radius 2 is 1.70 bits per heavy atom. The molecule has 3 aromatic rings. The molecule has 1 aliphatic rings. The Balaban J connectivity index is 0.000000810. The van der Waals surface area contributed by atoms with Crippen molar-refractivity contribution in [2.24, 2.45) is 5.41 Å². The Kier molecular flexibility index (Phi) is 10.0. The van der Waals surface area contributed by atoms with Crippen molar-refractivity contribution in [3.63, 3.8) is 0 Å². The van der Waals surface area contributed by atoms with Crippen molar-refractivity contribution in [3.8, 4) is 11.5 Å². The van der Waals surface area contributed by atoms with Gasteiger partial charge in [-0.1, -0.05) is 43.7 Å². The summed E-state index contributed by atoms with van der Waals surface area (Å²) in [5, 5.41) is 20.9. The number of aromatic nitrogens is 1. The number of aliphatic hydroxyl groups excluding tert-OH is 1. The quantitative estimate of drug-likeness (QED) is 0.317. The van der Waals surface area contributed by atoms with Crippen LogP contribution in [0.3, 0.4) is 0 Å². The van der Waals surface area contributed by atoms with Gasteiger partial charge in [-0.25, -0.2) is 21.4 Å². The lowest BCUT2D eigenvalue weighted by Gasteiger charge is -2.33. The lowest BCUT2D eigenvalue weighted by atomic mass is 9.75. The largest absolute Gasteiger partial charge is 0.503 e. The van der Waals surface area contributed by atoms with Crippen LogP contribution >= 0.6 is 0 Å². The van der Waals surface area contributed by atoms with Gasteiger partial charge in [0, 0.05) is 36.3 Å². The molecule has 10 heteroatoms. The number of aliphatic hydroxyl groups is 1. The fraction of sp³-hybridized carbons (Fsp3) is 0.433. The molecule has 0 aliphatic carbocycles. The highest BCUT2D eigenvalue weighted by molar-refractivity contribution is 7.91. The second-order valence-corrected chi connectivity index (χ2v) is 15.5. The van der Waals surface area contributed by atoms with Crippen molar-refractivity contribution in [1.82, 2.24) is 0 Å². The molecular weight excluding hydrogens is 550 g/mol. The highest BCUT2D eigenvalue weighted by atomic mass is 32.2. The van der Waals surface area contributed by atoms with Gasteiger partial charge in [-0.3, -0.25) is 0 Å². The number of hydrogen-bond donors (Lipinski definition) is 2. The molecule has 1 aromatic heterocycles. The minimum Gasteiger partial charge on any atom is -0.503 e. The van der Waals surface area contributed by atoms with Gasteiger partial charge >= 0.3 is 0 Å². The van der Waals surface area contributed by atoms with E-state index in [0.717, 1.165) is 48.8 Å². The molecule has 2 aromatic carbocycles. The van der Waals surface area contributed by atoms with Crippen molar-refractivity contribution in [1.29, 1.82) is 0 Å². The van der Waals surface area contributed by atoms with Gasteiger partial charge in [-0.05, 0) is 48.7 Å². The average Bonchev–Trinajstić information content (AvgIpc) is 2.88. The number of aryl methyl sites for hydroxylation is 2. The minimum atomic E-state index is -3.53. The summed E-state index contributed by atoms with van der Waals surface area (Å²) in [6.07, 6.45) is 6.87. The zero-order chi connectivity index (χ0) is 29.7. The normalized spacial score (nSPS) is 19.4. The first-order valence-electron chi connectivity index (χ1n) is 13.1. The number of unbranched alkanes of at least 4 members (excludes halogenated alkanes) is 1. The average molecular weight is 591 g/mol. The first-order chi connectivity index (χ1) is 18.6. The summed E-state index contributed by atoms with van der Waals surface area (Å²) in [6, 6.07) is 16.4. The van der Waals surface area contributed by atoms with Crippen LogP contribution in [0.5, 0.6) is 11.5 Å². The molecule has 0 spiro atoms. The van der Waals surface area contributed by atoms with Crippen molar-refractivity contribution < 1.29 is 36.4 Å². The molecule has 2 atom stereocenters. The van der Waals surface area contributed by atoms with Gasteiger partial charge in [0.15, 0.2) is 21.8 Å². The fourth-order valence-electron chi connectivity index (χ4n) is 4.84. The number of pyridine rings is 1. The van der Waals surface area contributed by atoms with Crippen molar-refractivity contribution in [2.75, 3.05) is 24.9 Å². The molecule has 1 aliphatic heterocycles. The molecule has 8 nitrogen and oxygen atoms in total. The van der Waals surface area contributed by atoms with Gasteiger partial charge in [-0.2, -0.15) is 0 Å². The molecule has 0 unspecified atom stereocenters. The van der Waals surface area contributed by atoms with E-state index < -0.39 is 37.1 Å². The van der Waals surface area contributed by atoms with E-state index in [1.54, 1.807) is 18.3 Å².